The third kappa shape index (κ3) is 3.64. The number of sulfonamides is 1. The van der Waals surface area contributed by atoms with Crippen molar-refractivity contribution in [1.82, 2.24) is 4.72 Å². The molecule has 1 aromatic rings. The Morgan fingerprint density at radius 3 is 2.53 bits per heavy atom. The van der Waals surface area contributed by atoms with Gasteiger partial charge in [-0.3, -0.25) is 0 Å². The monoisotopic (exact) mass is 300 g/mol. The van der Waals surface area contributed by atoms with E-state index in [0.29, 0.717) is 22.7 Å². The summed E-state index contributed by atoms with van der Waals surface area (Å²) < 4.78 is 26.1. The van der Waals surface area contributed by atoms with Crippen LogP contribution in [-0.4, -0.2) is 32.0 Å². The van der Waals surface area contributed by atoms with Gasteiger partial charge in [-0.25, -0.2) is 13.1 Å². The highest BCUT2D eigenvalue weighted by molar-refractivity contribution is 8.00. The Morgan fingerprint density at radius 2 is 2.00 bits per heavy atom. The SMILES string of the molecule is CCNS(=O)(=O)c1ccc(NC2CCSC2C)cc1. The molecule has 0 amide bonds. The lowest BCUT2D eigenvalue weighted by Gasteiger charge is -2.18. The summed E-state index contributed by atoms with van der Waals surface area (Å²) in [6.45, 7) is 4.39. The van der Waals surface area contributed by atoms with Crippen LogP contribution in [0.2, 0.25) is 0 Å². The van der Waals surface area contributed by atoms with Crippen LogP contribution in [0.15, 0.2) is 29.2 Å². The van der Waals surface area contributed by atoms with E-state index < -0.39 is 10.0 Å². The molecule has 0 aliphatic carbocycles. The highest BCUT2D eigenvalue weighted by atomic mass is 32.2. The van der Waals surface area contributed by atoms with Gasteiger partial charge in [0.05, 0.1) is 4.90 Å². The van der Waals surface area contributed by atoms with Crippen LogP contribution < -0.4 is 10.0 Å². The first-order valence-electron chi connectivity index (χ1n) is 6.51. The molecular weight excluding hydrogens is 280 g/mol. The molecule has 0 bridgehead atoms. The van der Waals surface area contributed by atoms with Crippen molar-refractivity contribution in [3.8, 4) is 0 Å². The molecular formula is C13H20N2O2S2. The molecule has 1 aliphatic heterocycles. The van der Waals surface area contributed by atoms with E-state index in [1.165, 1.54) is 5.75 Å². The second-order valence-electron chi connectivity index (χ2n) is 4.64. The minimum absolute atomic E-state index is 0.314. The summed E-state index contributed by atoms with van der Waals surface area (Å²) in [4.78, 5) is 0.314. The zero-order valence-electron chi connectivity index (χ0n) is 11.2. The fourth-order valence-electron chi connectivity index (χ4n) is 2.14. The van der Waals surface area contributed by atoms with Gasteiger partial charge in [-0.05, 0) is 36.4 Å². The predicted molar refractivity (Wildman–Crippen MR) is 81.3 cm³/mol. The first-order valence-corrected chi connectivity index (χ1v) is 9.04. The fourth-order valence-corrected chi connectivity index (χ4v) is 4.38. The van der Waals surface area contributed by atoms with Crippen molar-refractivity contribution >= 4 is 27.5 Å². The van der Waals surface area contributed by atoms with Crippen LogP contribution in [0.1, 0.15) is 20.3 Å². The summed E-state index contributed by atoms with van der Waals surface area (Å²) in [6, 6.07) is 7.43. The maximum Gasteiger partial charge on any atom is 0.240 e. The van der Waals surface area contributed by atoms with Crippen molar-refractivity contribution in [2.24, 2.45) is 0 Å². The highest BCUT2D eigenvalue weighted by Gasteiger charge is 2.23. The van der Waals surface area contributed by atoms with Crippen molar-refractivity contribution in [3.05, 3.63) is 24.3 Å². The maximum atomic E-state index is 11.8. The van der Waals surface area contributed by atoms with Gasteiger partial charge in [-0.2, -0.15) is 11.8 Å². The normalized spacial score (nSPS) is 23.5. The molecule has 1 saturated heterocycles. The van der Waals surface area contributed by atoms with Crippen LogP contribution in [0.5, 0.6) is 0 Å². The van der Waals surface area contributed by atoms with Gasteiger partial charge in [0, 0.05) is 23.5 Å². The lowest BCUT2D eigenvalue weighted by Crippen LogP contribution is -2.25. The highest BCUT2D eigenvalue weighted by Crippen LogP contribution is 2.29. The number of hydrogen-bond donors (Lipinski definition) is 2. The lowest BCUT2D eigenvalue weighted by atomic mass is 10.1. The average molecular weight is 300 g/mol. The first-order chi connectivity index (χ1) is 9.03. The molecule has 1 aliphatic rings. The summed E-state index contributed by atoms with van der Waals surface area (Å²) in [5.74, 6) is 1.19. The van der Waals surface area contributed by atoms with Crippen molar-refractivity contribution in [3.63, 3.8) is 0 Å². The molecule has 0 saturated carbocycles. The molecule has 1 fully saturated rings. The fraction of sp³-hybridized carbons (Fsp3) is 0.538. The molecule has 19 heavy (non-hydrogen) atoms. The zero-order chi connectivity index (χ0) is 13.9. The Morgan fingerprint density at radius 1 is 1.32 bits per heavy atom. The van der Waals surface area contributed by atoms with Gasteiger partial charge in [0.15, 0.2) is 0 Å². The Balaban J connectivity index is 2.06. The summed E-state index contributed by atoms with van der Waals surface area (Å²) in [7, 11) is -3.35. The van der Waals surface area contributed by atoms with E-state index in [-0.39, 0.29) is 0 Å². The van der Waals surface area contributed by atoms with Gasteiger partial charge in [0.1, 0.15) is 0 Å². The van der Waals surface area contributed by atoms with Crippen LogP contribution in [-0.2, 0) is 10.0 Å². The van der Waals surface area contributed by atoms with Crippen molar-refractivity contribution in [2.45, 2.75) is 36.5 Å². The molecule has 2 rings (SSSR count). The summed E-state index contributed by atoms with van der Waals surface area (Å²) in [6.07, 6.45) is 1.16. The summed E-state index contributed by atoms with van der Waals surface area (Å²) >= 11 is 1.97. The molecule has 1 heterocycles. The number of rotatable bonds is 5. The number of anilines is 1. The third-order valence-electron chi connectivity index (χ3n) is 3.23. The summed E-state index contributed by atoms with van der Waals surface area (Å²) in [5, 5.41) is 4.07. The van der Waals surface area contributed by atoms with Crippen molar-refractivity contribution in [2.75, 3.05) is 17.6 Å². The van der Waals surface area contributed by atoms with E-state index in [1.54, 1.807) is 19.1 Å². The van der Waals surface area contributed by atoms with Crippen LogP contribution in [0.25, 0.3) is 0 Å². The predicted octanol–water partition coefficient (Wildman–Crippen LogP) is 2.29. The second kappa shape index (κ2) is 6.15. The first kappa shape index (κ1) is 14.7. The average Bonchev–Trinajstić information content (AvgIpc) is 2.76. The minimum Gasteiger partial charge on any atom is -0.381 e. The van der Waals surface area contributed by atoms with E-state index in [2.05, 4.69) is 17.0 Å². The molecule has 0 aromatic heterocycles. The van der Waals surface area contributed by atoms with Crippen LogP contribution in [0.4, 0.5) is 5.69 Å². The lowest BCUT2D eigenvalue weighted by molar-refractivity contribution is 0.584. The Labute approximate surface area is 119 Å². The van der Waals surface area contributed by atoms with E-state index in [1.807, 2.05) is 23.9 Å². The molecule has 2 unspecified atom stereocenters. The molecule has 106 valence electrons. The quantitative estimate of drug-likeness (QED) is 0.876. The standard InChI is InChI=1S/C13H20N2O2S2/c1-3-14-19(16,17)12-6-4-11(5-7-12)15-13-8-9-18-10(13)2/h4-7,10,13-15H,3,8-9H2,1-2H3. The van der Waals surface area contributed by atoms with Crippen LogP contribution in [0, 0.1) is 0 Å². The Hall–Kier alpha value is -0.720. The molecule has 2 atom stereocenters. The second-order valence-corrected chi connectivity index (χ2v) is 7.89. The van der Waals surface area contributed by atoms with Crippen LogP contribution >= 0.6 is 11.8 Å². The Kier molecular flexibility index (Phi) is 4.76. The van der Waals surface area contributed by atoms with Gasteiger partial charge in [0.2, 0.25) is 10.0 Å². The Bertz CT molecular complexity index is 514. The number of nitrogens with one attached hydrogen (secondary N) is 2. The molecule has 0 radical (unpaired) electrons. The molecule has 0 spiro atoms. The van der Waals surface area contributed by atoms with E-state index in [9.17, 15) is 8.42 Å². The number of thioether (sulfide) groups is 1. The van der Waals surface area contributed by atoms with Crippen molar-refractivity contribution in [1.29, 1.82) is 0 Å². The number of hydrogen-bond acceptors (Lipinski definition) is 4. The van der Waals surface area contributed by atoms with Crippen molar-refractivity contribution < 1.29 is 8.42 Å². The molecule has 1 aromatic carbocycles. The molecule has 4 nitrogen and oxygen atoms in total. The molecule has 6 heteroatoms. The van der Waals surface area contributed by atoms with Gasteiger partial charge in [-0.15, -0.1) is 0 Å². The minimum atomic E-state index is -3.35. The molecule has 2 N–H and O–H groups in total. The summed E-state index contributed by atoms with van der Waals surface area (Å²) in [5.41, 5.74) is 0.981. The third-order valence-corrected chi connectivity index (χ3v) is 6.11. The van der Waals surface area contributed by atoms with E-state index in [0.717, 1.165) is 12.1 Å². The number of benzene rings is 1. The van der Waals surface area contributed by atoms with Gasteiger partial charge < -0.3 is 5.32 Å². The van der Waals surface area contributed by atoms with Gasteiger partial charge in [0.25, 0.3) is 0 Å². The van der Waals surface area contributed by atoms with E-state index in [4.69, 9.17) is 0 Å². The largest absolute Gasteiger partial charge is 0.381 e. The zero-order valence-corrected chi connectivity index (χ0v) is 12.9. The van der Waals surface area contributed by atoms with E-state index >= 15 is 0 Å². The van der Waals surface area contributed by atoms with Gasteiger partial charge >= 0.3 is 0 Å². The maximum absolute atomic E-state index is 11.8. The topological polar surface area (TPSA) is 58.2 Å². The smallest absolute Gasteiger partial charge is 0.240 e. The van der Waals surface area contributed by atoms with Crippen LogP contribution in [0.3, 0.4) is 0 Å². The van der Waals surface area contributed by atoms with Gasteiger partial charge in [-0.1, -0.05) is 13.8 Å².